The molecule has 2 N–H and O–H groups in total. The van der Waals surface area contributed by atoms with Gasteiger partial charge in [-0.25, -0.2) is 0 Å². The summed E-state index contributed by atoms with van der Waals surface area (Å²) in [6, 6.07) is 19.2. The van der Waals surface area contributed by atoms with Crippen molar-refractivity contribution < 1.29 is 27.4 Å². The van der Waals surface area contributed by atoms with E-state index in [1.807, 2.05) is 48.5 Å². The van der Waals surface area contributed by atoms with Gasteiger partial charge in [0.1, 0.15) is 6.04 Å². The van der Waals surface area contributed by atoms with E-state index >= 15 is 0 Å². The lowest BCUT2D eigenvalue weighted by atomic mass is 9.95. The molecular formula is C26H25F3N2O3. The molecule has 0 radical (unpaired) electrons. The molecular weight excluding hydrogens is 445 g/mol. The first kappa shape index (κ1) is 23.6. The van der Waals surface area contributed by atoms with Crippen LogP contribution in [0, 0.1) is 0 Å². The molecule has 0 spiro atoms. The van der Waals surface area contributed by atoms with E-state index in [1.54, 1.807) is 7.05 Å². The zero-order valence-corrected chi connectivity index (χ0v) is 18.6. The van der Waals surface area contributed by atoms with Gasteiger partial charge in [0.25, 0.3) is 0 Å². The van der Waals surface area contributed by atoms with Gasteiger partial charge >= 0.3 is 6.18 Å². The maximum atomic E-state index is 12.9. The molecule has 3 aromatic carbocycles. The first-order valence-corrected chi connectivity index (χ1v) is 10.9. The van der Waals surface area contributed by atoms with Crippen LogP contribution in [0.25, 0.3) is 0 Å². The Labute approximate surface area is 195 Å². The third kappa shape index (κ3) is 5.51. The van der Waals surface area contributed by atoms with Gasteiger partial charge in [-0.1, -0.05) is 48.5 Å². The number of aryl methyl sites for hydroxylation is 1. The molecule has 0 aromatic heterocycles. The summed E-state index contributed by atoms with van der Waals surface area (Å²) in [5.74, 6) is 1.08. The molecule has 178 valence electrons. The predicted molar refractivity (Wildman–Crippen MR) is 121 cm³/mol. The van der Waals surface area contributed by atoms with Crippen LogP contribution in [-0.2, 0) is 17.4 Å². The van der Waals surface area contributed by atoms with Crippen molar-refractivity contribution in [1.82, 2.24) is 10.6 Å². The second kappa shape index (κ2) is 10.2. The normalized spacial score (nSPS) is 14.5. The van der Waals surface area contributed by atoms with Crippen molar-refractivity contribution in [3.8, 4) is 11.5 Å². The van der Waals surface area contributed by atoms with Crippen molar-refractivity contribution in [2.24, 2.45) is 0 Å². The monoisotopic (exact) mass is 470 g/mol. The average Bonchev–Trinajstić information content (AvgIpc) is 3.32. The fourth-order valence-corrected chi connectivity index (χ4v) is 3.96. The second-order valence-corrected chi connectivity index (χ2v) is 8.02. The van der Waals surface area contributed by atoms with E-state index in [9.17, 15) is 18.0 Å². The number of alkyl halides is 3. The number of ether oxygens (including phenoxy) is 2. The zero-order chi connectivity index (χ0) is 24.1. The molecule has 1 aliphatic heterocycles. The number of carbonyl (C=O) groups is 1. The summed E-state index contributed by atoms with van der Waals surface area (Å²) < 4.78 is 49.7. The van der Waals surface area contributed by atoms with E-state index in [4.69, 9.17) is 9.47 Å². The Morgan fingerprint density at radius 1 is 0.941 bits per heavy atom. The number of hydrogen-bond acceptors (Lipinski definition) is 4. The molecule has 5 nitrogen and oxygen atoms in total. The van der Waals surface area contributed by atoms with Crippen LogP contribution < -0.4 is 20.1 Å². The highest BCUT2D eigenvalue weighted by Gasteiger charge is 2.30. The van der Waals surface area contributed by atoms with Crippen molar-refractivity contribution in [2.75, 3.05) is 13.8 Å². The van der Waals surface area contributed by atoms with Crippen molar-refractivity contribution in [3.63, 3.8) is 0 Å². The lowest BCUT2D eigenvalue weighted by Crippen LogP contribution is -2.38. The molecule has 1 amide bonds. The van der Waals surface area contributed by atoms with Crippen molar-refractivity contribution in [1.29, 1.82) is 0 Å². The third-order valence-corrected chi connectivity index (χ3v) is 5.81. The van der Waals surface area contributed by atoms with Crippen LogP contribution in [0.2, 0.25) is 0 Å². The van der Waals surface area contributed by atoms with Crippen molar-refractivity contribution in [2.45, 2.75) is 31.1 Å². The van der Waals surface area contributed by atoms with Gasteiger partial charge in [-0.05, 0) is 53.8 Å². The van der Waals surface area contributed by atoms with E-state index in [1.165, 1.54) is 12.1 Å². The summed E-state index contributed by atoms with van der Waals surface area (Å²) >= 11 is 0. The van der Waals surface area contributed by atoms with E-state index < -0.39 is 17.8 Å². The van der Waals surface area contributed by atoms with E-state index in [2.05, 4.69) is 10.6 Å². The number of likely N-dealkylation sites (N-methyl/N-ethyl adjacent to an activating group) is 1. The highest BCUT2D eigenvalue weighted by molar-refractivity contribution is 5.83. The van der Waals surface area contributed by atoms with Crippen LogP contribution in [0.3, 0.4) is 0 Å². The minimum Gasteiger partial charge on any atom is -0.454 e. The second-order valence-electron chi connectivity index (χ2n) is 8.02. The lowest BCUT2D eigenvalue weighted by molar-refractivity contribution is -0.137. The largest absolute Gasteiger partial charge is 0.454 e. The Balaban J connectivity index is 1.59. The maximum absolute atomic E-state index is 12.9. The zero-order valence-electron chi connectivity index (χ0n) is 18.6. The van der Waals surface area contributed by atoms with Gasteiger partial charge in [0.05, 0.1) is 5.56 Å². The minimum atomic E-state index is -4.37. The van der Waals surface area contributed by atoms with Crippen LogP contribution in [0.15, 0.2) is 72.8 Å². The summed E-state index contributed by atoms with van der Waals surface area (Å²) in [6.45, 7) is 0.146. The molecule has 34 heavy (non-hydrogen) atoms. The number of nitrogens with one attached hydrogen (secondary N) is 2. The number of rotatable bonds is 8. The Morgan fingerprint density at radius 3 is 2.32 bits per heavy atom. The molecule has 0 bridgehead atoms. The SMILES string of the molecule is CNC(=O)[C@@H](N[C@@H](CCc1ccc(C(F)(F)F)cc1)c1ccc2c(c1)OCO2)c1ccccc1. The standard InChI is InChI=1S/C26H25F3N2O3/c1-30-25(32)24(18-5-3-2-4-6-18)31-21(19-10-14-22-23(15-19)34-16-33-22)13-9-17-7-11-20(12-8-17)26(27,28)29/h2-8,10-12,14-15,21,24,31H,9,13,16H2,1H3,(H,30,32)/t21-,24-/m0/s1. The number of fused-ring (bicyclic) bond motifs is 1. The first-order valence-electron chi connectivity index (χ1n) is 10.9. The lowest BCUT2D eigenvalue weighted by Gasteiger charge is -2.26. The predicted octanol–water partition coefficient (Wildman–Crippen LogP) is 5.18. The van der Waals surface area contributed by atoms with E-state index in [0.29, 0.717) is 24.3 Å². The molecule has 1 aliphatic rings. The molecule has 4 rings (SSSR count). The molecule has 3 aromatic rings. The van der Waals surface area contributed by atoms with Crippen LogP contribution in [0.5, 0.6) is 11.5 Å². The van der Waals surface area contributed by atoms with Crippen LogP contribution >= 0.6 is 0 Å². The summed E-state index contributed by atoms with van der Waals surface area (Å²) in [5.41, 5.74) is 1.80. The summed E-state index contributed by atoms with van der Waals surface area (Å²) in [5, 5.41) is 6.15. The molecule has 8 heteroatoms. The Kier molecular flexibility index (Phi) is 7.07. The van der Waals surface area contributed by atoms with Crippen molar-refractivity contribution in [3.05, 3.63) is 95.1 Å². The number of hydrogen-bond donors (Lipinski definition) is 2. The molecule has 1 heterocycles. The van der Waals surface area contributed by atoms with Crippen LogP contribution in [0.1, 0.15) is 40.8 Å². The topological polar surface area (TPSA) is 59.6 Å². The molecule has 0 fully saturated rings. The quantitative estimate of drug-likeness (QED) is 0.476. The number of benzene rings is 3. The van der Waals surface area contributed by atoms with Gasteiger partial charge in [0, 0.05) is 13.1 Å². The molecule has 0 unspecified atom stereocenters. The maximum Gasteiger partial charge on any atom is 0.416 e. The van der Waals surface area contributed by atoms with Crippen molar-refractivity contribution >= 4 is 5.91 Å². The van der Waals surface area contributed by atoms with Gasteiger partial charge < -0.3 is 14.8 Å². The highest BCUT2D eigenvalue weighted by atomic mass is 19.4. The average molecular weight is 470 g/mol. The smallest absolute Gasteiger partial charge is 0.416 e. The van der Waals surface area contributed by atoms with E-state index in [0.717, 1.165) is 28.8 Å². The third-order valence-electron chi connectivity index (χ3n) is 5.81. The van der Waals surface area contributed by atoms with Gasteiger partial charge in [0.15, 0.2) is 11.5 Å². The Morgan fingerprint density at radius 2 is 1.65 bits per heavy atom. The van der Waals surface area contributed by atoms with E-state index in [-0.39, 0.29) is 18.7 Å². The Hall–Kier alpha value is -3.52. The summed E-state index contributed by atoms with van der Waals surface area (Å²) in [6.07, 6.45) is -3.31. The summed E-state index contributed by atoms with van der Waals surface area (Å²) in [7, 11) is 1.58. The number of carbonyl (C=O) groups excluding carboxylic acids is 1. The fourth-order valence-electron chi connectivity index (χ4n) is 3.96. The first-order chi connectivity index (χ1) is 16.3. The van der Waals surface area contributed by atoms with Crippen LogP contribution in [0.4, 0.5) is 13.2 Å². The van der Waals surface area contributed by atoms with Gasteiger partial charge in [-0.3, -0.25) is 10.1 Å². The van der Waals surface area contributed by atoms with Crippen LogP contribution in [-0.4, -0.2) is 19.7 Å². The molecule has 0 saturated heterocycles. The van der Waals surface area contributed by atoms with Gasteiger partial charge in [-0.15, -0.1) is 0 Å². The highest BCUT2D eigenvalue weighted by Crippen LogP contribution is 2.36. The van der Waals surface area contributed by atoms with Gasteiger partial charge in [0.2, 0.25) is 12.7 Å². The molecule has 0 aliphatic carbocycles. The minimum absolute atomic E-state index is 0.146. The fraction of sp³-hybridized carbons (Fsp3) is 0.269. The summed E-state index contributed by atoms with van der Waals surface area (Å²) in [4.78, 5) is 12.7. The number of halogens is 3. The van der Waals surface area contributed by atoms with Gasteiger partial charge in [-0.2, -0.15) is 13.2 Å². The molecule has 0 saturated carbocycles. The Bertz CT molecular complexity index is 1120. The number of amides is 1. The molecule has 2 atom stereocenters.